The van der Waals surface area contributed by atoms with Crippen molar-refractivity contribution in [3.63, 3.8) is 0 Å². The molecule has 0 bridgehead atoms. The fraction of sp³-hybridized carbons (Fsp3) is 0. The van der Waals surface area contributed by atoms with Gasteiger partial charge in [-0.1, -0.05) is 0 Å². The van der Waals surface area contributed by atoms with Crippen molar-refractivity contribution in [1.82, 2.24) is 10.2 Å². The van der Waals surface area contributed by atoms with Crippen molar-refractivity contribution in [2.75, 3.05) is 0 Å². The lowest BCUT2D eigenvalue weighted by Gasteiger charge is -1.83. The molecule has 2 rings (SSSR count). The van der Waals surface area contributed by atoms with Gasteiger partial charge in [-0.3, -0.25) is 9.89 Å². The van der Waals surface area contributed by atoms with Crippen LogP contribution in [0.2, 0.25) is 0 Å². The van der Waals surface area contributed by atoms with E-state index in [0.717, 1.165) is 10.2 Å². The molecular formula is C6H4N2OS. The van der Waals surface area contributed by atoms with Crippen molar-refractivity contribution in [2.45, 2.75) is 0 Å². The van der Waals surface area contributed by atoms with Gasteiger partial charge in [0.1, 0.15) is 4.70 Å². The van der Waals surface area contributed by atoms with E-state index in [1.54, 1.807) is 0 Å². The van der Waals surface area contributed by atoms with E-state index in [1.807, 2.05) is 11.4 Å². The molecule has 0 atom stereocenters. The first kappa shape index (κ1) is 5.61. The summed E-state index contributed by atoms with van der Waals surface area (Å²) in [5.74, 6) is 0. The van der Waals surface area contributed by atoms with Crippen molar-refractivity contribution in [1.29, 1.82) is 0 Å². The lowest BCUT2D eigenvalue weighted by atomic mass is 10.4. The quantitative estimate of drug-likeness (QED) is 0.611. The van der Waals surface area contributed by atoms with Crippen molar-refractivity contribution in [3.8, 4) is 0 Å². The molecular weight excluding hydrogens is 148 g/mol. The third kappa shape index (κ3) is 0.657. The maximum atomic E-state index is 11.0. The zero-order chi connectivity index (χ0) is 6.97. The number of nitrogens with zero attached hydrogens (tertiary/aromatic N) is 1. The highest BCUT2D eigenvalue weighted by Gasteiger charge is 1.96. The molecule has 0 unspecified atom stereocenters. The van der Waals surface area contributed by atoms with Crippen molar-refractivity contribution in [2.24, 2.45) is 0 Å². The van der Waals surface area contributed by atoms with Gasteiger partial charge in [0.25, 0.3) is 0 Å². The second-order valence-electron chi connectivity index (χ2n) is 1.90. The molecule has 2 aromatic heterocycles. The van der Waals surface area contributed by atoms with Crippen LogP contribution in [0.4, 0.5) is 0 Å². The van der Waals surface area contributed by atoms with E-state index in [0.29, 0.717) is 0 Å². The van der Waals surface area contributed by atoms with E-state index in [1.165, 1.54) is 17.5 Å². The zero-order valence-corrected chi connectivity index (χ0v) is 5.81. The number of thiophene rings is 1. The largest absolute Gasteiger partial charge is 0.286 e. The van der Waals surface area contributed by atoms with E-state index in [4.69, 9.17) is 0 Å². The average molecular weight is 152 g/mol. The first-order valence-corrected chi connectivity index (χ1v) is 3.67. The molecule has 10 heavy (non-hydrogen) atoms. The predicted octanol–water partition coefficient (Wildman–Crippen LogP) is 0.985. The Hall–Kier alpha value is -1.16. The van der Waals surface area contributed by atoms with E-state index in [-0.39, 0.29) is 5.43 Å². The summed E-state index contributed by atoms with van der Waals surface area (Å²) in [5.41, 5.74) is 0.807. The number of aromatic amines is 1. The summed E-state index contributed by atoms with van der Waals surface area (Å²) in [4.78, 5) is 11.0. The van der Waals surface area contributed by atoms with Gasteiger partial charge in [-0.25, -0.2) is 0 Å². The first-order valence-electron chi connectivity index (χ1n) is 2.79. The van der Waals surface area contributed by atoms with Gasteiger partial charge in [0.15, 0.2) is 0 Å². The molecule has 2 aromatic rings. The lowest BCUT2D eigenvalue weighted by Crippen LogP contribution is -1.99. The van der Waals surface area contributed by atoms with Crippen LogP contribution in [-0.4, -0.2) is 10.2 Å². The Morgan fingerprint density at radius 3 is 3.30 bits per heavy atom. The minimum absolute atomic E-state index is 0.0104. The number of rotatable bonds is 0. The molecule has 50 valence electrons. The Morgan fingerprint density at radius 1 is 1.60 bits per heavy atom. The van der Waals surface area contributed by atoms with Gasteiger partial charge in [-0.2, -0.15) is 5.10 Å². The smallest absolute Gasteiger partial charge is 0.217 e. The first-order chi connectivity index (χ1) is 4.88. The molecule has 2 heterocycles. The average Bonchev–Trinajstić information content (AvgIpc) is 2.36. The minimum atomic E-state index is -0.0104. The number of nitrogens with one attached hydrogen (secondary N) is 1. The van der Waals surface area contributed by atoms with Crippen molar-refractivity contribution >= 4 is 21.6 Å². The molecule has 1 N–H and O–H groups in total. The highest BCUT2D eigenvalue weighted by atomic mass is 32.1. The predicted molar refractivity (Wildman–Crippen MR) is 40.2 cm³/mol. The Kier molecular flexibility index (Phi) is 1.07. The highest BCUT2D eigenvalue weighted by molar-refractivity contribution is 7.17. The summed E-state index contributed by atoms with van der Waals surface area (Å²) in [7, 11) is 0. The Bertz CT molecular complexity index is 403. The molecule has 0 aliphatic carbocycles. The maximum absolute atomic E-state index is 11.0. The van der Waals surface area contributed by atoms with Crippen LogP contribution >= 0.6 is 11.3 Å². The summed E-state index contributed by atoms with van der Waals surface area (Å²) >= 11 is 1.43. The molecule has 0 aromatic carbocycles. The van der Waals surface area contributed by atoms with Crippen LogP contribution < -0.4 is 5.43 Å². The summed E-state index contributed by atoms with van der Waals surface area (Å²) in [5, 5.41) is 8.25. The minimum Gasteiger partial charge on any atom is -0.286 e. The molecule has 0 amide bonds. The number of fused-ring (bicyclic) bond motifs is 1. The van der Waals surface area contributed by atoms with Gasteiger partial charge in [0.05, 0.1) is 11.7 Å². The maximum Gasteiger partial charge on any atom is 0.217 e. The topological polar surface area (TPSA) is 45.8 Å². The second kappa shape index (κ2) is 1.91. The fourth-order valence-corrected chi connectivity index (χ4v) is 1.56. The number of hydrogen-bond acceptors (Lipinski definition) is 3. The van der Waals surface area contributed by atoms with E-state index >= 15 is 0 Å². The normalized spacial score (nSPS) is 10.4. The third-order valence-corrected chi connectivity index (χ3v) is 2.18. The fourth-order valence-electron chi connectivity index (χ4n) is 0.807. The Balaban J connectivity index is 3.09. The molecule has 0 saturated heterocycles. The summed E-state index contributed by atoms with van der Waals surface area (Å²) < 4.78 is 0.745. The second-order valence-corrected chi connectivity index (χ2v) is 2.81. The lowest BCUT2D eigenvalue weighted by molar-refractivity contribution is 1.07. The molecule has 3 nitrogen and oxygen atoms in total. The molecule has 0 fully saturated rings. The Labute approximate surface area is 60.3 Å². The van der Waals surface area contributed by atoms with Gasteiger partial charge >= 0.3 is 0 Å². The summed E-state index contributed by atoms with van der Waals surface area (Å²) in [6.45, 7) is 0. The van der Waals surface area contributed by atoms with E-state index in [2.05, 4.69) is 10.2 Å². The van der Waals surface area contributed by atoms with Crippen LogP contribution in [0.1, 0.15) is 0 Å². The van der Waals surface area contributed by atoms with Gasteiger partial charge in [-0.05, 0) is 11.4 Å². The van der Waals surface area contributed by atoms with Crippen LogP contribution in [0.25, 0.3) is 10.2 Å². The zero-order valence-electron chi connectivity index (χ0n) is 5.00. The molecule has 0 radical (unpaired) electrons. The highest BCUT2D eigenvalue weighted by Crippen LogP contribution is 2.11. The van der Waals surface area contributed by atoms with Crippen molar-refractivity contribution < 1.29 is 0 Å². The third-order valence-electron chi connectivity index (χ3n) is 1.26. The van der Waals surface area contributed by atoms with Crippen LogP contribution in [-0.2, 0) is 0 Å². The van der Waals surface area contributed by atoms with Gasteiger partial charge in [0.2, 0.25) is 5.43 Å². The summed E-state index contributed by atoms with van der Waals surface area (Å²) in [6, 6.07) is 1.84. The molecule has 0 saturated carbocycles. The summed E-state index contributed by atoms with van der Waals surface area (Å²) in [6.07, 6.45) is 1.29. The molecule has 0 aliphatic rings. The number of aromatic nitrogens is 2. The van der Waals surface area contributed by atoms with Gasteiger partial charge < -0.3 is 0 Å². The van der Waals surface area contributed by atoms with Crippen LogP contribution in [0.15, 0.2) is 22.4 Å². The molecule has 0 spiro atoms. The molecule has 4 heteroatoms. The van der Waals surface area contributed by atoms with Crippen LogP contribution in [0.5, 0.6) is 0 Å². The van der Waals surface area contributed by atoms with E-state index < -0.39 is 0 Å². The van der Waals surface area contributed by atoms with Crippen molar-refractivity contribution in [3.05, 3.63) is 27.9 Å². The standard InChI is InChI=1S/C6H4N2OS/c9-5-3-7-8-4-1-2-10-6(4)5/h1-3H,(H,8,9). The SMILES string of the molecule is O=c1cn[nH]c2ccsc12. The van der Waals surface area contributed by atoms with Gasteiger partial charge in [-0.15, -0.1) is 11.3 Å². The monoisotopic (exact) mass is 152 g/mol. The Morgan fingerprint density at radius 2 is 2.50 bits per heavy atom. The van der Waals surface area contributed by atoms with Gasteiger partial charge in [0, 0.05) is 0 Å². The van der Waals surface area contributed by atoms with Crippen LogP contribution in [0, 0.1) is 0 Å². The van der Waals surface area contributed by atoms with E-state index in [9.17, 15) is 4.79 Å². The molecule has 0 aliphatic heterocycles. The number of H-pyrrole nitrogens is 1. The van der Waals surface area contributed by atoms with Crippen LogP contribution in [0.3, 0.4) is 0 Å². The number of hydrogen-bond donors (Lipinski definition) is 1.